The van der Waals surface area contributed by atoms with E-state index in [1.165, 1.54) is 0 Å². The Morgan fingerprint density at radius 2 is 1.90 bits per heavy atom. The maximum absolute atomic E-state index is 12.6. The van der Waals surface area contributed by atoms with Crippen LogP contribution in [0.5, 0.6) is 0 Å². The van der Waals surface area contributed by atoms with Gasteiger partial charge in [-0.2, -0.15) is 0 Å². The second-order valence-corrected chi connectivity index (χ2v) is 7.42. The van der Waals surface area contributed by atoms with Crippen molar-refractivity contribution in [2.45, 2.75) is 26.2 Å². The Kier molecular flexibility index (Phi) is 3.94. The van der Waals surface area contributed by atoms with Gasteiger partial charge < -0.3 is 10.4 Å². The number of aryl methyl sites for hydroxylation is 1. The van der Waals surface area contributed by atoms with Crippen LogP contribution in [0.15, 0.2) is 18.2 Å². The molecule has 1 amide bonds. The normalized spacial score (nSPS) is 30.4. The Bertz CT molecular complexity index is 601. The number of halogens is 1. The average Bonchev–Trinajstić information content (AvgIpc) is 3.02. The molecule has 3 rings (SSSR count). The van der Waals surface area contributed by atoms with E-state index in [4.69, 9.17) is 0 Å². The second-order valence-electron chi connectivity index (χ2n) is 6.17. The van der Waals surface area contributed by atoms with Crippen molar-refractivity contribution in [3.63, 3.8) is 0 Å². The molecule has 1 aromatic carbocycles. The topological polar surface area (TPSA) is 66.4 Å². The standard InChI is InChI=1S/C16H18INO3/c1-8-6-11(17)4-5-12(8)18-15(19)13-9-2-3-10(7-9)14(13)16(20)21/h4-6,9-10,13-14H,2-3,7H2,1H3,(H,18,19)(H,20,21)/t9-,10-,13+,14-/m0/s1. The summed E-state index contributed by atoms with van der Waals surface area (Å²) in [6.07, 6.45) is 2.83. The minimum atomic E-state index is -0.818. The Hall–Kier alpha value is -1.11. The molecule has 4 atom stereocenters. The Labute approximate surface area is 137 Å². The summed E-state index contributed by atoms with van der Waals surface area (Å²) in [6, 6.07) is 5.84. The van der Waals surface area contributed by atoms with Gasteiger partial charge in [0, 0.05) is 9.26 Å². The lowest BCUT2D eigenvalue weighted by Gasteiger charge is -2.27. The van der Waals surface area contributed by atoms with E-state index in [0.29, 0.717) is 0 Å². The summed E-state index contributed by atoms with van der Waals surface area (Å²) in [4.78, 5) is 24.1. The third kappa shape index (κ3) is 2.67. The SMILES string of the molecule is Cc1cc(I)ccc1NC(=O)[C@@H]1[C@H]2CC[C@@H](C2)[C@@H]1C(=O)O. The minimum Gasteiger partial charge on any atom is -0.481 e. The summed E-state index contributed by atoms with van der Waals surface area (Å²) in [5, 5.41) is 12.4. The maximum atomic E-state index is 12.6. The molecule has 0 heterocycles. The zero-order valence-corrected chi connectivity index (χ0v) is 14.0. The Morgan fingerprint density at radius 3 is 2.52 bits per heavy atom. The van der Waals surface area contributed by atoms with E-state index in [1.54, 1.807) is 0 Å². The average molecular weight is 399 g/mol. The van der Waals surface area contributed by atoms with Crippen molar-refractivity contribution in [3.05, 3.63) is 27.3 Å². The van der Waals surface area contributed by atoms with E-state index < -0.39 is 11.9 Å². The fourth-order valence-electron chi connectivity index (χ4n) is 4.01. The molecule has 0 aliphatic heterocycles. The van der Waals surface area contributed by atoms with Gasteiger partial charge in [0.2, 0.25) is 5.91 Å². The molecule has 5 heteroatoms. The van der Waals surface area contributed by atoms with Crippen molar-refractivity contribution in [1.82, 2.24) is 0 Å². The van der Waals surface area contributed by atoms with Crippen LogP contribution in [0.3, 0.4) is 0 Å². The molecular weight excluding hydrogens is 381 g/mol. The van der Waals surface area contributed by atoms with Crippen LogP contribution in [0.25, 0.3) is 0 Å². The highest BCUT2D eigenvalue weighted by Gasteiger charge is 2.53. The highest BCUT2D eigenvalue weighted by Crippen LogP contribution is 2.52. The second kappa shape index (κ2) is 5.59. The molecule has 2 fully saturated rings. The Balaban J connectivity index is 1.80. The van der Waals surface area contributed by atoms with E-state index in [0.717, 1.165) is 34.1 Å². The quantitative estimate of drug-likeness (QED) is 0.767. The zero-order chi connectivity index (χ0) is 15.1. The molecule has 0 spiro atoms. The van der Waals surface area contributed by atoms with Gasteiger partial charge in [0.05, 0.1) is 11.8 Å². The molecule has 2 bridgehead atoms. The number of carboxylic acid groups (broad SMARTS) is 1. The third-order valence-corrected chi connectivity index (χ3v) is 5.62. The van der Waals surface area contributed by atoms with Crippen LogP contribution in [-0.4, -0.2) is 17.0 Å². The number of anilines is 1. The van der Waals surface area contributed by atoms with Crippen molar-refractivity contribution in [1.29, 1.82) is 0 Å². The van der Waals surface area contributed by atoms with Gasteiger partial charge in [-0.3, -0.25) is 9.59 Å². The van der Waals surface area contributed by atoms with Crippen molar-refractivity contribution < 1.29 is 14.7 Å². The summed E-state index contributed by atoms with van der Waals surface area (Å²) in [6.45, 7) is 1.95. The van der Waals surface area contributed by atoms with Gasteiger partial charge in [-0.05, 0) is 84.4 Å². The number of fused-ring (bicyclic) bond motifs is 2. The van der Waals surface area contributed by atoms with E-state index in [9.17, 15) is 14.7 Å². The van der Waals surface area contributed by atoms with Crippen LogP contribution in [0.4, 0.5) is 5.69 Å². The van der Waals surface area contributed by atoms with Crippen LogP contribution in [0.2, 0.25) is 0 Å². The van der Waals surface area contributed by atoms with Gasteiger partial charge in [0.25, 0.3) is 0 Å². The zero-order valence-electron chi connectivity index (χ0n) is 11.8. The number of hydrogen-bond donors (Lipinski definition) is 2. The van der Waals surface area contributed by atoms with Crippen LogP contribution in [0.1, 0.15) is 24.8 Å². The molecule has 1 aromatic rings. The van der Waals surface area contributed by atoms with Gasteiger partial charge >= 0.3 is 5.97 Å². The number of carbonyl (C=O) groups excluding carboxylic acids is 1. The molecule has 2 saturated carbocycles. The van der Waals surface area contributed by atoms with E-state index in [2.05, 4.69) is 27.9 Å². The number of carboxylic acids is 1. The van der Waals surface area contributed by atoms with Gasteiger partial charge in [-0.1, -0.05) is 0 Å². The van der Waals surface area contributed by atoms with Gasteiger partial charge in [-0.15, -0.1) is 0 Å². The van der Waals surface area contributed by atoms with Crippen molar-refractivity contribution in [2.24, 2.45) is 23.7 Å². The van der Waals surface area contributed by atoms with E-state index in [1.807, 2.05) is 25.1 Å². The van der Waals surface area contributed by atoms with Gasteiger partial charge in [0.15, 0.2) is 0 Å². The Morgan fingerprint density at radius 1 is 1.24 bits per heavy atom. The van der Waals surface area contributed by atoms with E-state index in [-0.39, 0.29) is 23.7 Å². The number of benzene rings is 1. The molecular formula is C16H18INO3. The van der Waals surface area contributed by atoms with Crippen LogP contribution >= 0.6 is 22.6 Å². The smallest absolute Gasteiger partial charge is 0.307 e. The number of amides is 1. The summed E-state index contributed by atoms with van der Waals surface area (Å²) in [7, 11) is 0. The molecule has 21 heavy (non-hydrogen) atoms. The molecule has 2 aliphatic carbocycles. The largest absolute Gasteiger partial charge is 0.481 e. The molecule has 112 valence electrons. The van der Waals surface area contributed by atoms with E-state index >= 15 is 0 Å². The predicted octanol–water partition coefficient (Wildman–Crippen LogP) is 3.29. The molecule has 0 unspecified atom stereocenters. The number of hydrogen-bond acceptors (Lipinski definition) is 2. The minimum absolute atomic E-state index is 0.126. The number of carbonyl (C=O) groups is 2. The summed E-state index contributed by atoms with van der Waals surface area (Å²) >= 11 is 2.23. The summed E-state index contributed by atoms with van der Waals surface area (Å²) in [5.41, 5.74) is 1.79. The van der Waals surface area contributed by atoms with Crippen LogP contribution in [-0.2, 0) is 9.59 Å². The van der Waals surface area contributed by atoms with Crippen LogP contribution in [0, 0.1) is 34.2 Å². The van der Waals surface area contributed by atoms with Crippen molar-refractivity contribution in [3.8, 4) is 0 Å². The number of rotatable bonds is 3. The lowest BCUT2D eigenvalue weighted by molar-refractivity contribution is -0.148. The first-order valence-electron chi connectivity index (χ1n) is 7.27. The molecule has 0 aromatic heterocycles. The van der Waals surface area contributed by atoms with Crippen molar-refractivity contribution >= 4 is 40.2 Å². The fraction of sp³-hybridized carbons (Fsp3) is 0.500. The van der Waals surface area contributed by atoms with Crippen LogP contribution < -0.4 is 5.32 Å². The first-order chi connectivity index (χ1) is 9.97. The first kappa shape index (κ1) is 14.8. The molecule has 0 radical (unpaired) electrons. The van der Waals surface area contributed by atoms with Crippen molar-refractivity contribution in [2.75, 3.05) is 5.32 Å². The summed E-state index contributed by atoms with van der Waals surface area (Å²) in [5.74, 6) is -1.41. The molecule has 2 aliphatic rings. The maximum Gasteiger partial charge on any atom is 0.307 e. The van der Waals surface area contributed by atoms with Gasteiger partial charge in [0.1, 0.15) is 0 Å². The molecule has 0 saturated heterocycles. The number of aliphatic carboxylic acids is 1. The summed E-state index contributed by atoms with van der Waals surface area (Å²) < 4.78 is 1.12. The lowest BCUT2D eigenvalue weighted by atomic mass is 9.78. The molecule has 4 nitrogen and oxygen atoms in total. The monoisotopic (exact) mass is 399 g/mol. The highest BCUT2D eigenvalue weighted by molar-refractivity contribution is 14.1. The molecule has 2 N–H and O–H groups in total. The first-order valence-corrected chi connectivity index (χ1v) is 8.35. The number of nitrogens with one attached hydrogen (secondary N) is 1. The third-order valence-electron chi connectivity index (χ3n) is 4.95. The predicted molar refractivity (Wildman–Crippen MR) is 88.0 cm³/mol. The fourth-order valence-corrected chi connectivity index (χ4v) is 4.65. The highest BCUT2D eigenvalue weighted by atomic mass is 127. The lowest BCUT2D eigenvalue weighted by Crippen LogP contribution is -2.38. The van der Waals surface area contributed by atoms with Gasteiger partial charge in [-0.25, -0.2) is 0 Å².